The van der Waals surface area contributed by atoms with E-state index in [0.29, 0.717) is 16.4 Å². The lowest BCUT2D eigenvalue weighted by atomic mass is 10.1. The largest absolute Gasteiger partial charge is 0.497 e. The van der Waals surface area contributed by atoms with Gasteiger partial charge in [-0.05, 0) is 36.4 Å². The van der Waals surface area contributed by atoms with Crippen LogP contribution in [0.2, 0.25) is 0 Å². The smallest absolute Gasteiger partial charge is 0.293 e. The number of rotatable bonds is 5. The van der Waals surface area contributed by atoms with Gasteiger partial charge >= 0.3 is 0 Å². The number of fused-ring (bicyclic) bond motifs is 1. The molecule has 0 unspecified atom stereocenters. The van der Waals surface area contributed by atoms with E-state index in [4.69, 9.17) is 9.15 Å². The number of aromatic nitrogens is 1. The topological polar surface area (TPSA) is 108 Å². The van der Waals surface area contributed by atoms with Gasteiger partial charge in [0.05, 0.1) is 27.8 Å². The molecule has 0 saturated heterocycles. The van der Waals surface area contributed by atoms with E-state index in [1.165, 1.54) is 29.5 Å². The molecule has 9 heteroatoms. The zero-order valence-electron chi connectivity index (χ0n) is 14.5. The first-order valence-electron chi connectivity index (χ1n) is 8.15. The van der Waals surface area contributed by atoms with Crippen LogP contribution in [0.1, 0.15) is 10.6 Å². The lowest BCUT2D eigenvalue weighted by Gasteiger charge is -2.00. The molecular formula is C19H13N3O5S. The SMILES string of the molecule is COc1ccc2nc(NC(=O)c3ccc(-c4ccccc4[N+](=O)[O-])o3)sc2c1. The Bertz CT molecular complexity index is 1200. The Hall–Kier alpha value is -3.72. The predicted octanol–water partition coefficient (Wildman–Crippen LogP) is 4.73. The molecule has 4 rings (SSSR count). The minimum Gasteiger partial charge on any atom is -0.497 e. The number of ether oxygens (including phenoxy) is 1. The molecule has 0 spiro atoms. The van der Waals surface area contributed by atoms with Gasteiger partial charge in [-0.15, -0.1) is 0 Å². The number of hydrogen-bond acceptors (Lipinski definition) is 7. The fourth-order valence-corrected chi connectivity index (χ4v) is 3.58. The highest BCUT2D eigenvalue weighted by Crippen LogP contribution is 2.32. The summed E-state index contributed by atoms with van der Waals surface area (Å²) >= 11 is 1.31. The summed E-state index contributed by atoms with van der Waals surface area (Å²) in [6.07, 6.45) is 0. The second-order valence-corrected chi connectivity index (χ2v) is 6.78. The van der Waals surface area contributed by atoms with E-state index < -0.39 is 10.8 Å². The standard InChI is InChI=1S/C19H13N3O5S/c1-26-11-6-7-13-17(10-11)28-19(20-13)21-18(23)16-9-8-15(27-16)12-4-2-3-5-14(12)22(24)25/h2-10H,1H3,(H,20,21,23). The highest BCUT2D eigenvalue weighted by molar-refractivity contribution is 7.22. The number of hydrogen-bond donors (Lipinski definition) is 1. The molecule has 0 radical (unpaired) electrons. The van der Waals surface area contributed by atoms with Crippen molar-refractivity contribution in [1.29, 1.82) is 0 Å². The monoisotopic (exact) mass is 395 g/mol. The number of methoxy groups -OCH3 is 1. The minimum absolute atomic E-state index is 0.0324. The van der Waals surface area contributed by atoms with Crippen molar-refractivity contribution in [3.05, 3.63) is 70.5 Å². The molecule has 0 atom stereocenters. The maximum atomic E-state index is 12.5. The van der Waals surface area contributed by atoms with Crippen molar-refractivity contribution >= 4 is 38.3 Å². The average molecular weight is 395 g/mol. The Balaban J connectivity index is 1.58. The van der Waals surface area contributed by atoms with Gasteiger partial charge in [-0.1, -0.05) is 23.5 Å². The van der Waals surface area contributed by atoms with Gasteiger partial charge in [-0.25, -0.2) is 4.98 Å². The number of nitro benzene ring substituents is 1. The van der Waals surface area contributed by atoms with Crippen molar-refractivity contribution in [2.45, 2.75) is 0 Å². The van der Waals surface area contributed by atoms with Gasteiger partial charge in [0, 0.05) is 6.07 Å². The van der Waals surface area contributed by atoms with Crippen LogP contribution in [0.4, 0.5) is 10.8 Å². The highest BCUT2D eigenvalue weighted by atomic mass is 32.1. The summed E-state index contributed by atoms with van der Waals surface area (Å²) in [7, 11) is 1.58. The number of thiazole rings is 1. The first-order chi connectivity index (χ1) is 13.5. The molecular weight excluding hydrogens is 382 g/mol. The summed E-state index contributed by atoms with van der Waals surface area (Å²) in [4.78, 5) is 27.5. The number of carbonyl (C=O) groups is 1. The second-order valence-electron chi connectivity index (χ2n) is 5.74. The molecule has 2 aromatic heterocycles. The number of amides is 1. The summed E-state index contributed by atoms with van der Waals surface area (Å²) in [5.74, 6) is 0.487. The van der Waals surface area contributed by atoms with E-state index in [-0.39, 0.29) is 17.2 Å². The van der Waals surface area contributed by atoms with E-state index in [0.717, 1.165) is 10.2 Å². The normalized spacial score (nSPS) is 10.8. The van der Waals surface area contributed by atoms with Crippen LogP contribution in [0, 0.1) is 10.1 Å². The fourth-order valence-electron chi connectivity index (χ4n) is 2.69. The third-order valence-electron chi connectivity index (χ3n) is 4.01. The first-order valence-corrected chi connectivity index (χ1v) is 8.96. The molecule has 28 heavy (non-hydrogen) atoms. The van der Waals surface area contributed by atoms with Crippen LogP contribution in [0.5, 0.6) is 5.75 Å². The number of nitrogens with zero attached hydrogens (tertiary/aromatic N) is 2. The molecule has 0 aliphatic heterocycles. The van der Waals surface area contributed by atoms with E-state index >= 15 is 0 Å². The van der Waals surface area contributed by atoms with E-state index in [1.54, 1.807) is 37.4 Å². The number of furan rings is 1. The number of carbonyl (C=O) groups excluding carboxylic acids is 1. The molecule has 2 heterocycles. The van der Waals surface area contributed by atoms with Gasteiger partial charge in [-0.2, -0.15) is 0 Å². The fraction of sp³-hybridized carbons (Fsp3) is 0.0526. The third-order valence-corrected chi connectivity index (χ3v) is 4.95. The highest BCUT2D eigenvalue weighted by Gasteiger charge is 2.20. The zero-order valence-corrected chi connectivity index (χ0v) is 15.4. The van der Waals surface area contributed by atoms with E-state index in [1.807, 2.05) is 6.07 Å². The molecule has 0 saturated carbocycles. The number of nitrogens with one attached hydrogen (secondary N) is 1. The van der Waals surface area contributed by atoms with E-state index in [2.05, 4.69) is 10.3 Å². The molecule has 140 valence electrons. The van der Waals surface area contributed by atoms with Crippen molar-refractivity contribution in [1.82, 2.24) is 4.98 Å². The molecule has 0 bridgehead atoms. The molecule has 1 N–H and O–H groups in total. The zero-order chi connectivity index (χ0) is 19.7. The number of nitro groups is 1. The van der Waals surface area contributed by atoms with Crippen LogP contribution in [-0.2, 0) is 0 Å². The number of benzene rings is 2. The Labute approximate surface area is 162 Å². The van der Waals surface area contributed by atoms with Crippen LogP contribution in [0.15, 0.2) is 59.0 Å². The van der Waals surface area contributed by atoms with Gasteiger partial charge in [0.15, 0.2) is 10.9 Å². The number of para-hydroxylation sites is 1. The van der Waals surface area contributed by atoms with Gasteiger partial charge in [0.1, 0.15) is 11.5 Å². The predicted molar refractivity (Wildman–Crippen MR) is 105 cm³/mol. The Morgan fingerprint density at radius 2 is 2.04 bits per heavy atom. The van der Waals surface area contributed by atoms with Crippen LogP contribution in [-0.4, -0.2) is 22.9 Å². The van der Waals surface area contributed by atoms with Crippen LogP contribution in [0.25, 0.3) is 21.5 Å². The quantitative estimate of drug-likeness (QED) is 0.387. The van der Waals surface area contributed by atoms with Gasteiger partial charge in [-0.3, -0.25) is 20.2 Å². The van der Waals surface area contributed by atoms with Crippen molar-refractivity contribution in [3.63, 3.8) is 0 Å². The molecule has 0 aliphatic carbocycles. The van der Waals surface area contributed by atoms with Gasteiger partial charge < -0.3 is 9.15 Å². The molecule has 4 aromatic rings. The van der Waals surface area contributed by atoms with Crippen molar-refractivity contribution < 1.29 is 18.9 Å². The summed E-state index contributed by atoms with van der Waals surface area (Å²) in [6.45, 7) is 0. The summed E-state index contributed by atoms with van der Waals surface area (Å²) in [5, 5.41) is 14.3. The van der Waals surface area contributed by atoms with Crippen molar-refractivity contribution in [2.24, 2.45) is 0 Å². The Kier molecular flexibility index (Phi) is 4.50. The van der Waals surface area contributed by atoms with Gasteiger partial charge in [0.2, 0.25) is 0 Å². The Morgan fingerprint density at radius 1 is 1.21 bits per heavy atom. The summed E-state index contributed by atoms with van der Waals surface area (Å²) in [6, 6.07) is 14.6. The van der Waals surface area contributed by atoms with Crippen molar-refractivity contribution in [3.8, 4) is 17.1 Å². The second kappa shape index (κ2) is 7.12. The maximum Gasteiger partial charge on any atom is 0.293 e. The summed E-state index contributed by atoms with van der Waals surface area (Å²) in [5.41, 5.74) is 0.948. The Morgan fingerprint density at radius 3 is 2.82 bits per heavy atom. The van der Waals surface area contributed by atoms with Crippen LogP contribution in [0.3, 0.4) is 0 Å². The molecule has 2 aromatic carbocycles. The lowest BCUT2D eigenvalue weighted by molar-refractivity contribution is -0.384. The van der Waals surface area contributed by atoms with Crippen LogP contribution < -0.4 is 10.1 Å². The van der Waals surface area contributed by atoms with E-state index in [9.17, 15) is 14.9 Å². The minimum atomic E-state index is -0.493. The maximum absolute atomic E-state index is 12.5. The first kappa shape index (κ1) is 17.7. The molecule has 0 fully saturated rings. The average Bonchev–Trinajstić information content (AvgIpc) is 3.34. The summed E-state index contributed by atoms with van der Waals surface area (Å²) < 4.78 is 11.6. The molecule has 0 aliphatic rings. The number of anilines is 1. The van der Waals surface area contributed by atoms with Crippen molar-refractivity contribution in [2.75, 3.05) is 12.4 Å². The molecule has 1 amide bonds. The molecule has 8 nitrogen and oxygen atoms in total. The lowest BCUT2D eigenvalue weighted by Crippen LogP contribution is -2.10. The van der Waals surface area contributed by atoms with Crippen LogP contribution >= 0.6 is 11.3 Å². The van der Waals surface area contributed by atoms with Gasteiger partial charge in [0.25, 0.3) is 11.6 Å². The third kappa shape index (κ3) is 3.30.